The number of hydrogen-bond acceptors (Lipinski definition) is 3. The van der Waals surface area contributed by atoms with E-state index in [9.17, 15) is 4.79 Å². The number of hydrogen-bond donors (Lipinski definition) is 2. The van der Waals surface area contributed by atoms with Crippen molar-refractivity contribution in [1.82, 2.24) is 0 Å². The first-order valence-corrected chi connectivity index (χ1v) is 4.20. The summed E-state index contributed by atoms with van der Waals surface area (Å²) in [4.78, 5) is 11.6. The van der Waals surface area contributed by atoms with Gasteiger partial charge in [-0.3, -0.25) is 15.5 Å². The van der Waals surface area contributed by atoms with Gasteiger partial charge in [-0.05, 0) is 12.1 Å². The molecule has 0 heterocycles. The molecule has 2 N–H and O–H groups in total. The Morgan fingerprint density at radius 2 is 2.00 bits per heavy atom. The van der Waals surface area contributed by atoms with Gasteiger partial charge in [-0.2, -0.15) is 0 Å². The smallest absolute Gasteiger partial charge is 0.167 e. The summed E-state index contributed by atoms with van der Waals surface area (Å²) in [5.41, 5.74) is 3.00. The minimum absolute atomic E-state index is 0.0251. The molecule has 0 spiro atoms. The highest BCUT2D eigenvalue weighted by atomic mass is 16.5. The lowest BCUT2D eigenvalue weighted by atomic mass is 10.00. The molecule has 3 heteroatoms. The molecule has 13 heavy (non-hydrogen) atoms. The fourth-order valence-electron chi connectivity index (χ4n) is 1.11. The van der Waals surface area contributed by atoms with Crippen LogP contribution in [-0.2, 0) is 0 Å². The fourth-order valence-corrected chi connectivity index (χ4v) is 1.11. The van der Waals surface area contributed by atoms with Gasteiger partial charge in [0.2, 0.25) is 0 Å². The van der Waals surface area contributed by atoms with Crippen LogP contribution in [0.15, 0.2) is 24.3 Å². The van der Waals surface area contributed by atoms with E-state index in [2.05, 4.69) is 0 Å². The number of carbonyl (C=O) groups excluding carboxylic acids is 1. The molecule has 1 rings (SSSR count). The van der Waals surface area contributed by atoms with Gasteiger partial charge < -0.3 is 0 Å². The summed E-state index contributed by atoms with van der Waals surface area (Å²) in [5, 5.41) is 8.75. The van der Waals surface area contributed by atoms with Crippen molar-refractivity contribution in [3.63, 3.8) is 0 Å². The zero-order valence-corrected chi connectivity index (χ0v) is 7.74. The van der Waals surface area contributed by atoms with Crippen LogP contribution < -0.4 is 5.48 Å². The number of nitrogens with one attached hydrogen (secondary N) is 1. The molecule has 70 valence electrons. The average Bonchev–Trinajstić information content (AvgIpc) is 2.16. The lowest BCUT2D eigenvalue weighted by Crippen LogP contribution is -2.10. The van der Waals surface area contributed by atoms with Gasteiger partial charge in [0.1, 0.15) is 0 Å². The molecule has 0 aliphatic carbocycles. The van der Waals surface area contributed by atoms with E-state index in [-0.39, 0.29) is 11.7 Å². The van der Waals surface area contributed by atoms with Crippen LogP contribution in [0.3, 0.4) is 0 Å². The van der Waals surface area contributed by atoms with Crippen molar-refractivity contribution in [3.8, 4) is 0 Å². The van der Waals surface area contributed by atoms with E-state index in [1.165, 1.54) is 0 Å². The van der Waals surface area contributed by atoms with Crippen LogP contribution in [0.1, 0.15) is 24.2 Å². The summed E-state index contributed by atoms with van der Waals surface area (Å²) in [6.45, 7) is 3.66. The first-order valence-electron chi connectivity index (χ1n) is 4.20. The standard InChI is InChI=1S/C10H13NO2/c1-7(2)10(12)8-5-3-4-6-9(8)11-13/h3-7,11,13H,1-2H3. The molecule has 0 aliphatic rings. The maximum absolute atomic E-state index is 11.6. The molecule has 0 unspecified atom stereocenters. The number of ketones is 1. The van der Waals surface area contributed by atoms with Crippen LogP contribution in [0.25, 0.3) is 0 Å². The molecular formula is C10H13NO2. The minimum atomic E-state index is -0.0606. The van der Waals surface area contributed by atoms with Crippen LogP contribution in [-0.4, -0.2) is 11.0 Å². The molecule has 0 saturated carbocycles. The SMILES string of the molecule is CC(C)C(=O)c1ccccc1NO. The molecule has 0 atom stereocenters. The van der Waals surface area contributed by atoms with Crippen molar-refractivity contribution in [2.75, 3.05) is 5.48 Å². The van der Waals surface area contributed by atoms with Crippen LogP contribution in [0.4, 0.5) is 5.69 Å². The molecule has 0 fully saturated rings. The van der Waals surface area contributed by atoms with E-state index in [0.717, 1.165) is 0 Å². The number of carbonyl (C=O) groups is 1. The zero-order valence-electron chi connectivity index (χ0n) is 7.74. The molecule has 1 aromatic rings. The van der Waals surface area contributed by atoms with Gasteiger partial charge in [-0.1, -0.05) is 26.0 Å². The van der Waals surface area contributed by atoms with Crippen LogP contribution in [0.2, 0.25) is 0 Å². The van der Waals surface area contributed by atoms with Crippen molar-refractivity contribution in [2.45, 2.75) is 13.8 Å². The second kappa shape index (κ2) is 4.05. The Morgan fingerprint density at radius 1 is 1.38 bits per heavy atom. The number of benzene rings is 1. The van der Waals surface area contributed by atoms with E-state index >= 15 is 0 Å². The Kier molecular flexibility index (Phi) is 3.03. The van der Waals surface area contributed by atoms with Gasteiger partial charge in [0.05, 0.1) is 5.69 Å². The van der Waals surface area contributed by atoms with Crippen LogP contribution >= 0.6 is 0 Å². The third kappa shape index (κ3) is 2.06. The van der Waals surface area contributed by atoms with E-state index in [0.29, 0.717) is 11.3 Å². The topological polar surface area (TPSA) is 49.3 Å². The molecule has 0 aliphatic heterocycles. The maximum Gasteiger partial charge on any atom is 0.167 e. The second-order valence-corrected chi connectivity index (χ2v) is 3.18. The Morgan fingerprint density at radius 3 is 2.54 bits per heavy atom. The lowest BCUT2D eigenvalue weighted by Gasteiger charge is -2.08. The predicted molar refractivity (Wildman–Crippen MR) is 51.0 cm³/mol. The lowest BCUT2D eigenvalue weighted by molar-refractivity contribution is 0.0939. The molecule has 0 saturated heterocycles. The normalized spacial score (nSPS) is 10.2. The van der Waals surface area contributed by atoms with E-state index in [4.69, 9.17) is 5.21 Å². The second-order valence-electron chi connectivity index (χ2n) is 3.18. The number of anilines is 1. The molecule has 0 amide bonds. The Hall–Kier alpha value is -1.35. The summed E-state index contributed by atoms with van der Waals surface area (Å²) in [7, 11) is 0. The van der Waals surface area contributed by atoms with Crippen LogP contribution in [0.5, 0.6) is 0 Å². The number of para-hydroxylation sites is 1. The third-order valence-electron chi connectivity index (χ3n) is 1.84. The first kappa shape index (κ1) is 9.74. The molecule has 0 bridgehead atoms. The molecule has 0 aromatic heterocycles. The van der Waals surface area contributed by atoms with E-state index in [1.54, 1.807) is 24.3 Å². The Labute approximate surface area is 77.4 Å². The third-order valence-corrected chi connectivity index (χ3v) is 1.84. The van der Waals surface area contributed by atoms with Gasteiger partial charge in [-0.15, -0.1) is 0 Å². The summed E-state index contributed by atoms with van der Waals surface area (Å²) in [6, 6.07) is 6.89. The largest absolute Gasteiger partial charge is 0.294 e. The van der Waals surface area contributed by atoms with Crippen molar-refractivity contribution < 1.29 is 10.0 Å². The molecular weight excluding hydrogens is 166 g/mol. The van der Waals surface area contributed by atoms with Crippen molar-refractivity contribution in [1.29, 1.82) is 0 Å². The quantitative estimate of drug-likeness (QED) is 0.553. The summed E-state index contributed by atoms with van der Waals surface area (Å²) in [5.74, 6) is -0.0355. The van der Waals surface area contributed by atoms with Gasteiger partial charge in [0.25, 0.3) is 0 Å². The van der Waals surface area contributed by atoms with Gasteiger partial charge in [0, 0.05) is 11.5 Å². The maximum atomic E-state index is 11.6. The molecule has 3 nitrogen and oxygen atoms in total. The van der Waals surface area contributed by atoms with Gasteiger partial charge >= 0.3 is 0 Å². The first-order chi connectivity index (χ1) is 6.16. The zero-order chi connectivity index (χ0) is 9.84. The number of rotatable bonds is 3. The Bertz CT molecular complexity index is 308. The van der Waals surface area contributed by atoms with Crippen LogP contribution in [0, 0.1) is 5.92 Å². The van der Waals surface area contributed by atoms with E-state index in [1.807, 2.05) is 19.3 Å². The van der Waals surface area contributed by atoms with Crippen molar-refractivity contribution >= 4 is 11.5 Å². The summed E-state index contributed by atoms with van der Waals surface area (Å²) < 4.78 is 0. The highest BCUT2D eigenvalue weighted by molar-refractivity contribution is 6.02. The number of Topliss-reactive ketones (excluding diaryl/α,β-unsaturated/α-hetero) is 1. The minimum Gasteiger partial charge on any atom is -0.294 e. The molecule has 0 radical (unpaired) electrons. The van der Waals surface area contributed by atoms with E-state index < -0.39 is 0 Å². The van der Waals surface area contributed by atoms with Gasteiger partial charge in [-0.25, -0.2) is 0 Å². The van der Waals surface area contributed by atoms with Gasteiger partial charge in [0.15, 0.2) is 5.78 Å². The fraction of sp³-hybridized carbons (Fsp3) is 0.300. The average molecular weight is 179 g/mol. The summed E-state index contributed by atoms with van der Waals surface area (Å²) in [6.07, 6.45) is 0. The highest BCUT2D eigenvalue weighted by Gasteiger charge is 2.13. The summed E-state index contributed by atoms with van der Waals surface area (Å²) >= 11 is 0. The van der Waals surface area contributed by atoms with Crippen molar-refractivity contribution in [3.05, 3.63) is 29.8 Å². The monoisotopic (exact) mass is 179 g/mol. The predicted octanol–water partition coefficient (Wildman–Crippen LogP) is 2.33. The van der Waals surface area contributed by atoms with Crippen molar-refractivity contribution in [2.24, 2.45) is 5.92 Å². The highest BCUT2D eigenvalue weighted by Crippen LogP contribution is 2.17. The Balaban J connectivity index is 3.06. The molecule has 1 aromatic carbocycles.